The van der Waals surface area contributed by atoms with Crippen molar-refractivity contribution in [2.45, 2.75) is 25.6 Å². The molecule has 0 amide bonds. The molecule has 0 aliphatic carbocycles. The van der Waals surface area contributed by atoms with Crippen molar-refractivity contribution in [2.75, 3.05) is 0 Å². The van der Waals surface area contributed by atoms with Crippen molar-refractivity contribution in [3.05, 3.63) is 41.6 Å². The zero-order valence-corrected chi connectivity index (χ0v) is 11.3. The van der Waals surface area contributed by atoms with Gasteiger partial charge in [-0.25, -0.2) is 0 Å². The maximum absolute atomic E-state index is 13.1. The van der Waals surface area contributed by atoms with Crippen LogP contribution in [0.4, 0.5) is 13.2 Å². The highest BCUT2D eigenvalue weighted by atomic mass is 19.4. The summed E-state index contributed by atoms with van der Waals surface area (Å²) in [4.78, 5) is 0. The molecule has 0 spiro atoms. The van der Waals surface area contributed by atoms with Crippen molar-refractivity contribution < 1.29 is 13.2 Å². The van der Waals surface area contributed by atoms with Gasteiger partial charge in [0, 0.05) is 18.7 Å². The molecule has 2 N–H and O–H groups in total. The minimum Gasteiger partial charge on any atom is -0.328 e. The molecule has 1 atom stereocenters. The molecule has 0 radical (unpaired) electrons. The maximum atomic E-state index is 13.1. The molecule has 0 aliphatic heterocycles. The van der Waals surface area contributed by atoms with E-state index in [0.29, 0.717) is 12.1 Å². The third-order valence-corrected chi connectivity index (χ3v) is 3.04. The summed E-state index contributed by atoms with van der Waals surface area (Å²) in [7, 11) is 1.63. The van der Waals surface area contributed by atoms with E-state index in [4.69, 9.17) is 5.73 Å². The lowest BCUT2D eigenvalue weighted by Crippen LogP contribution is -2.18. The number of aryl methyl sites for hydroxylation is 1. The van der Waals surface area contributed by atoms with Crippen LogP contribution in [0.15, 0.2) is 30.5 Å². The number of alkyl halides is 3. The van der Waals surface area contributed by atoms with E-state index in [9.17, 15) is 13.2 Å². The first-order chi connectivity index (χ1) is 9.30. The minimum atomic E-state index is -4.40. The second kappa shape index (κ2) is 5.28. The van der Waals surface area contributed by atoms with E-state index >= 15 is 0 Å². The standard InChI is InChI=1S/C14H16F3N3/c1-9(18)7-10-8-19-20(2)13(10)11-5-3-4-6-12(11)14(15,16)17/h3-6,8-9H,7,18H2,1-2H3. The molecule has 0 saturated carbocycles. The van der Waals surface area contributed by atoms with Crippen LogP contribution in [0.1, 0.15) is 18.1 Å². The Morgan fingerprint density at radius 3 is 2.55 bits per heavy atom. The normalized spacial score (nSPS) is 13.5. The van der Waals surface area contributed by atoms with Gasteiger partial charge in [0.25, 0.3) is 0 Å². The molecule has 6 heteroatoms. The summed E-state index contributed by atoms with van der Waals surface area (Å²) in [6.07, 6.45) is -2.34. The number of benzene rings is 1. The number of rotatable bonds is 3. The van der Waals surface area contributed by atoms with Crippen LogP contribution in [0.25, 0.3) is 11.3 Å². The molecule has 108 valence electrons. The van der Waals surface area contributed by atoms with Crippen molar-refractivity contribution in [3.8, 4) is 11.3 Å². The molecule has 0 fully saturated rings. The zero-order chi connectivity index (χ0) is 14.9. The Kier molecular flexibility index (Phi) is 3.85. The molecular weight excluding hydrogens is 267 g/mol. The van der Waals surface area contributed by atoms with E-state index in [1.807, 2.05) is 6.92 Å². The molecule has 1 aromatic heterocycles. The second-order valence-corrected chi connectivity index (χ2v) is 4.87. The van der Waals surface area contributed by atoms with Gasteiger partial charge in [-0.05, 0) is 25.0 Å². The Hall–Kier alpha value is -1.82. The van der Waals surface area contributed by atoms with Gasteiger partial charge in [0.1, 0.15) is 0 Å². The van der Waals surface area contributed by atoms with Crippen LogP contribution in [-0.4, -0.2) is 15.8 Å². The first kappa shape index (κ1) is 14.6. The Balaban J connectivity index is 2.60. The first-order valence-corrected chi connectivity index (χ1v) is 6.23. The summed E-state index contributed by atoms with van der Waals surface area (Å²) < 4.78 is 40.8. The summed E-state index contributed by atoms with van der Waals surface area (Å²) in [6, 6.07) is 5.37. The van der Waals surface area contributed by atoms with Crippen LogP contribution >= 0.6 is 0 Å². The minimum absolute atomic E-state index is 0.135. The van der Waals surface area contributed by atoms with E-state index < -0.39 is 11.7 Å². The van der Waals surface area contributed by atoms with Gasteiger partial charge >= 0.3 is 6.18 Å². The van der Waals surface area contributed by atoms with E-state index in [2.05, 4.69) is 5.10 Å². The van der Waals surface area contributed by atoms with Crippen LogP contribution in [0.3, 0.4) is 0 Å². The van der Waals surface area contributed by atoms with Gasteiger partial charge in [0.2, 0.25) is 0 Å². The lowest BCUT2D eigenvalue weighted by Gasteiger charge is -2.15. The number of hydrogen-bond acceptors (Lipinski definition) is 2. The van der Waals surface area contributed by atoms with E-state index in [1.165, 1.54) is 16.8 Å². The van der Waals surface area contributed by atoms with Crippen LogP contribution in [0.5, 0.6) is 0 Å². The Bertz CT molecular complexity index is 600. The fourth-order valence-corrected chi connectivity index (χ4v) is 2.26. The fraction of sp³-hybridized carbons (Fsp3) is 0.357. The predicted molar refractivity (Wildman–Crippen MR) is 71.0 cm³/mol. The zero-order valence-electron chi connectivity index (χ0n) is 11.3. The largest absolute Gasteiger partial charge is 0.417 e. The molecule has 2 rings (SSSR count). The lowest BCUT2D eigenvalue weighted by molar-refractivity contribution is -0.137. The first-order valence-electron chi connectivity index (χ1n) is 6.23. The van der Waals surface area contributed by atoms with E-state index in [-0.39, 0.29) is 11.6 Å². The van der Waals surface area contributed by atoms with Crippen molar-refractivity contribution >= 4 is 0 Å². The molecule has 1 heterocycles. The van der Waals surface area contributed by atoms with Crippen LogP contribution in [0.2, 0.25) is 0 Å². The summed E-state index contributed by atoms with van der Waals surface area (Å²) in [5.74, 6) is 0. The van der Waals surface area contributed by atoms with Crippen LogP contribution in [-0.2, 0) is 19.6 Å². The Morgan fingerprint density at radius 2 is 1.95 bits per heavy atom. The number of hydrogen-bond donors (Lipinski definition) is 1. The molecule has 0 aliphatic rings. The SMILES string of the molecule is CC(N)Cc1cnn(C)c1-c1ccccc1C(F)(F)F. The molecular formula is C14H16F3N3. The summed E-state index contributed by atoms with van der Waals surface area (Å²) in [6.45, 7) is 1.81. The van der Waals surface area contributed by atoms with Gasteiger partial charge in [-0.1, -0.05) is 18.2 Å². The summed E-state index contributed by atoms with van der Waals surface area (Å²) in [5, 5.41) is 4.06. The number of halogens is 3. The highest BCUT2D eigenvalue weighted by Crippen LogP contribution is 2.37. The third kappa shape index (κ3) is 2.85. The van der Waals surface area contributed by atoms with Crippen molar-refractivity contribution in [2.24, 2.45) is 12.8 Å². The molecule has 1 aromatic carbocycles. The quantitative estimate of drug-likeness (QED) is 0.941. The number of nitrogens with zero attached hydrogens (tertiary/aromatic N) is 2. The van der Waals surface area contributed by atoms with Crippen LogP contribution in [0, 0.1) is 0 Å². The molecule has 0 saturated heterocycles. The number of nitrogens with two attached hydrogens (primary N) is 1. The molecule has 3 nitrogen and oxygen atoms in total. The highest BCUT2D eigenvalue weighted by molar-refractivity contribution is 5.68. The van der Waals surface area contributed by atoms with E-state index in [1.54, 1.807) is 19.3 Å². The predicted octanol–water partition coefficient (Wildman–Crippen LogP) is 3.00. The van der Waals surface area contributed by atoms with Crippen LogP contribution < -0.4 is 5.73 Å². The summed E-state index contributed by atoms with van der Waals surface area (Å²) in [5.41, 5.74) is 6.41. The summed E-state index contributed by atoms with van der Waals surface area (Å²) >= 11 is 0. The Labute approximate surface area is 115 Å². The number of aromatic nitrogens is 2. The van der Waals surface area contributed by atoms with Gasteiger partial charge in [-0.3, -0.25) is 4.68 Å². The van der Waals surface area contributed by atoms with Crippen molar-refractivity contribution in [1.29, 1.82) is 0 Å². The Morgan fingerprint density at radius 1 is 1.30 bits per heavy atom. The molecule has 1 unspecified atom stereocenters. The average Bonchev–Trinajstić information content (AvgIpc) is 2.68. The second-order valence-electron chi connectivity index (χ2n) is 4.87. The molecule has 20 heavy (non-hydrogen) atoms. The highest BCUT2D eigenvalue weighted by Gasteiger charge is 2.34. The lowest BCUT2D eigenvalue weighted by atomic mass is 9.98. The van der Waals surface area contributed by atoms with Crippen molar-refractivity contribution in [1.82, 2.24) is 9.78 Å². The molecule has 0 bridgehead atoms. The van der Waals surface area contributed by atoms with Crippen molar-refractivity contribution in [3.63, 3.8) is 0 Å². The topological polar surface area (TPSA) is 43.8 Å². The third-order valence-electron chi connectivity index (χ3n) is 3.04. The van der Waals surface area contributed by atoms with Gasteiger partial charge in [0.15, 0.2) is 0 Å². The maximum Gasteiger partial charge on any atom is 0.417 e. The average molecular weight is 283 g/mol. The van der Waals surface area contributed by atoms with Gasteiger partial charge in [0.05, 0.1) is 17.5 Å². The van der Waals surface area contributed by atoms with Gasteiger partial charge in [-0.2, -0.15) is 18.3 Å². The van der Waals surface area contributed by atoms with Gasteiger partial charge < -0.3 is 5.73 Å². The molecule has 2 aromatic rings. The van der Waals surface area contributed by atoms with Gasteiger partial charge in [-0.15, -0.1) is 0 Å². The van der Waals surface area contributed by atoms with E-state index in [0.717, 1.165) is 11.6 Å². The monoisotopic (exact) mass is 283 g/mol. The smallest absolute Gasteiger partial charge is 0.328 e. The fourth-order valence-electron chi connectivity index (χ4n) is 2.26.